The van der Waals surface area contributed by atoms with Crippen LogP contribution in [0.15, 0.2) is 63.1 Å². The molecule has 0 unspecified atom stereocenters. The molecule has 0 atom stereocenters. The molecule has 3 heterocycles. The lowest BCUT2D eigenvalue weighted by molar-refractivity contribution is 0.465. The SMILES string of the molecule is Cc1cc(C)cc(-c2nnc(SCc3cc(=O)n4ccccc4n3)o2)c1. The quantitative estimate of drug-likeness (QED) is 0.515. The topological polar surface area (TPSA) is 73.3 Å². The molecule has 7 heteroatoms. The highest BCUT2D eigenvalue weighted by Crippen LogP contribution is 2.26. The molecule has 4 rings (SSSR count). The predicted molar refractivity (Wildman–Crippen MR) is 100 cm³/mol. The summed E-state index contributed by atoms with van der Waals surface area (Å²) in [7, 11) is 0. The van der Waals surface area contributed by atoms with Gasteiger partial charge in [-0.2, -0.15) is 0 Å². The molecule has 0 fully saturated rings. The molecule has 0 saturated heterocycles. The third kappa shape index (κ3) is 3.39. The Kier molecular flexibility index (Phi) is 4.30. The average molecular weight is 364 g/mol. The van der Waals surface area contributed by atoms with Gasteiger partial charge in [0.05, 0.1) is 5.69 Å². The van der Waals surface area contributed by atoms with Crippen molar-refractivity contribution in [2.45, 2.75) is 24.8 Å². The number of pyridine rings is 1. The van der Waals surface area contributed by atoms with E-state index >= 15 is 0 Å². The normalized spacial score (nSPS) is 11.2. The third-order valence-corrected chi connectivity index (χ3v) is 4.69. The molecule has 0 N–H and O–H groups in total. The summed E-state index contributed by atoms with van der Waals surface area (Å²) < 4.78 is 7.26. The zero-order valence-electron chi connectivity index (χ0n) is 14.3. The molecule has 0 aliphatic heterocycles. The zero-order chi connectivity index (χ0) is 18.1. The van der Waals surface area contributed by atoms with E-state index in [1.807, 2.05) is 32.0 Å². The molecule has 3 aromatic heterocycles. The Bertz CT molecular complexity index is 1130. The fourth-order valence-electron chi connectivity index (χ4n) is 2.80. The van der Waals surface area contributed by atoms with Crippen LogP contribution in [0.1, 0.15) is 16.8 Å². The van der Waals surface area contributed by atoms with Crippen LogP contribution in [0.25, 0.3) is 17.1 Å². The smallest absolute Gasteiger partial charge is 0.277 e. The highest BCUT2D eigenvalue weighted by molar-refractivity contribution is 7.98. The Morgan fingerprint density at radius 2 is 1.88 bits per heavy atom. The molecule has 4 aromatic rings. The Labute approximate surface area is 153 Å². The minimum atomic E-state index is -0.104. The summed E-state index contributed by atoms with van der Waals surface area (Å²) in [6.07, 6.45) is 1.70. The molecule has 0 bridgehead atoms. The number of thioether (sulfide) groups is 1. The number of hydrogen-bond acceptors (Lipinski definition) is 6. The van der Waals surface area contributed by atoms with Crippen LogP contribution in [0, 0.1) is 13.8 Å². The molecule has 0 radical (unpaired) electrons. The number of rotatable bonds is 4. The van der Waals surface area contributed by atoms with E-state index in [4.69, 9.17) is 4.42 Å². The number of aryl methyl sites for hydroxylation is 2. The van der Waals surface area contributed by atoms with Crippen molar-refractivity contribution < 1.29 is 4.42 Å². The van der Waals surface area contributed by atoms with Gasteiger partial charge >= 0.3 is 0 Å². The lowest BCUT2D eigenvalue weighted by Gasteiger charge is -2.02. The Morgan fingerprint density at radius 1 is 1.08 bits per heavy atom. The van der Waals surface area contributed by atoms with Gasteiger partial charge in [0.15, 0.2) is 0 Å². The maximum atomic E-state index is 12.1. The van der Waals surface area contributed by atoms with Gasteiger partial charge in [-0.05, 0) is 38.1 Å². The highest BCUT2D eigenvalue weighted by atomic mass is 32.2. The second-order valence-electron chi connectivity index (χ2n) is 6.05. The van der Waals surface area contributed by atoms with E-state index < -0.39 is 0 Å². The monoisotopic (exact) mass is 364 g/mol. The van der Waals surface area contributed by atoms with Crippen LogP contribution in [0.5, 0.6) is 0 Å². The maximum absolute atomic E-state index is 12.1. The van der Waals surface area contributed by atoms with Crippen LogP contribution < -0.4 is 5.56 Å². The second-order valence-corrected chi connectivity index (χ2v) is 6.98. The van der Waals surface area contributed by atoms with Gasteiger partial charge in [0.2, 0.25) is 5.89 Å². The van der Waals surface area contributed by atoms with Crippen LogP contribution >= 0.6 is 11.8 Å². The number of nitrogens with zero attached hydrogens (tertiary/aromatic N) is 4. The van der Waals surface area contributed by atoms with Crippen molar-refractivity contribution in [3.63, 3.8) is 0 Å². The van der Waals surface area contributed by atoms with Gasteiger partial charge in [0.1, 0.15) is 5.65 Å². The van der Waals surface area contributed by atoms with E-state index in [1.54, 1.807) is 18.3 Å². The minimum Gasteiger partial charge on any atom is -0.411 e. The van der Waals surface area contributed by atoms with Crippen molar-refractivity contribution in [1.29, 1.82) is 0 Å². The molecule has 0 saturated carbocycles. The van der Waals surface area contributed by atoms with Crippen LogP contribution in [-0.4, -0.2) is 19.6 Å². The van der Waals surface area contributed by atoms with Gasteiger partial charge in [0.25, 0.3) is 10.8 Å². The summed E-state index contributed by atoms with van der Waals surface area (Å²) >= 11 is 1.36. The van der Waals surface area contributed by atoms with Crippen molar-refractivity contribution in [2.75, 3.05) is 0 Å². The van der Waals surface area contributed by atoms with Gasteiger partial charge in [-0.15, -0.1) is 10.2 Å². The van der Waals surface area contributed by atoms with Crippen molar-refractivity contribution in [3.05, 3.63) is 75.8 Å². The van der Waals surface area contributed by atoms with Gasteiger partial charge in [0, 0.05) is 23.6 Å². The maximum Gasteiger partial charge on any atom is 0.277 e. The molecule has 0 amide bonds. The first-order valence-corrected chi connectivity index (χ1v) is 9.09. The lowest BCUT2D eigenvalue weighted by Crippen LogP contribution is -2.14. The van der Waals surface area contributed by atoms with E-state index in [9.17, 15) is 4.79 Å². The third-order valence-electron chi connectivity index (χ3n) is 3.84. The summed E-state index contributed by atoms with van der Waals surface area (Å²) in [4.78, 5) is 16.6. The predicted octanol–water partition coefficient (Wildman–Crippen LogP) is 3.65. The first-order valence-electron chi connectivity index (χ1n) is 8.11. The fraction of sp³-hybridized carbons (Fsp3) is 0.158. The van der Waals surface area contributed by atoms with Gasteiger partial charge in [-0.1, -0.05) is 35.0 Å². The summed E-state index contributed by atoms with van der Waals surface area (Å²) in [6.45, 7) is 4.07. The van der Waals surface area contributed by atoms with Crippen LogP contribution in [0.2, 0.25) is 0 Å². The number of hydrogen-bond donors (Lipinski definition) is 0. The molecular formula is C19H16N4O2S. The Hall–Kier alpha value is -2.93. The fourth-order valence-corrected chi connectivity index (χ4v) is 3.45. The largest absolute Gasteiger partial charge is 0.411 e. The first kappa shape index (κ1) is 16.5. The van der Waals surface area contributed by atoms with Crippen molar-refractivity contribution >= 4 is 17.4 Å². The molecule has 0 aliphatic rings. The Morgan fingerprint density at radius 3 is 2.69 bits per heavy atom. The van der Waals surface area contributed by atoms with Crippen molar-refractivity contribution in [1.82, 2.24) is 19.6 Å². The van der Waals surface area contributed by atoms with Gasteiger partial charge < -0.3 is 4.42 Å². The molecule has 6 nitrogen and oxygen atoms in total. The number of aromatic nitrogens is 4. The summed E-state index contributed by atoms with van der Waals surface area (Å²) in [5, 5.41) is 8.66. The van der Waals surface area contributed by atoms with Gasteiger partial charge in [-0.25, -0.2) is 4.98 Å². The molecule has 1 aromatic carbocycles. The van der Waals surface area contributed by atoms with Crippen LogP contribution in [-0.2, 0) is 5.75 Å². The summed E-state index contributed by atoms with van der Waals surface area (Å²) in [5.41, 5.74) is 4.40. The van der Waals surface area contributed by atoms with E-state index in [0.717, 1.165) is 16.7 Å². The van der Waals surface area contributed by atoms with E-state index in [0.29, 0.717) is 28.2 Å². The van der Waals surface area contributed by atoms with Crippen molar-refractivity contribution in [2.24, 2.45) is 0 Å². The van der Waals surface area contributed by atoms with Crippen LogP contribution in [0.3, 0.4) is 0 Å². The van der Waals surface area contributed by atoms with E-state index in [2.05, 4.69) is 21.2 Å². The first-order chi connectivity index (χ1) is 12.6. The second kappa shape index (κ2) is 6.76. The molecule has 0 aliphatic carbocycles. The van der Waals surface area contributed by atoms with E-state index in [1.165, 1.54) is 22.2 Å². The van der Waals surface area contributed by atoms with E-state index in [-0.39, 0.29) is 5.56 Å². The van der Waals surface area contributed by atoms with Crippen LogP contribution in [0.4, 0.5) is 0 Å². The number of benzene rings is 1. The molecule has 0 spiro atoms. The molecule has 26 heavy (non-hydrogen) atoms. The number of fused-ring (bicyclic) bond motifs is 1. The summed E-state index contributed by atoms with van der Waals surface area (Å²) in [5.74, 6) is 0.973. The minimum absolute atomic E-state index is 0.104. The average Bonchev–Trinajstić information content (AvgIpc) is 3.08. The Balaban J connectivity index is 1.54. The van der Waals surface area contributed by atoms with Crippen molar-refractivity contribution in [3.8, 4) is 11.5 Å². The lowest BCUT2D eigenvalue weighted by atomic mass is 10.1. The molecule has 130 valence electrons. The standard InChI is InChI=1S/C19H16N4O2S/c1-12-7-13(2)9-14(8-12)18-21-22-19(25-18)26-11-15-10-17(24)23-6-4-3-5-16(23)20-15/h3-10H,11H2,1-2H3. The highest BCUT2D eigenvalue weighted by Gasteiger charge is 2.11. The van der Waals surface area contributed by atoms with Gasteiger partial charge in [-0.3, -0.25) is 9.20 Å². The molecular weight excluding hydrogens is 348 g/mol. The summed E-state index contributed by atoms with van der Waals surface area (Å²) in [6, 6.07) is 13.1. The zero-order valence-corrected chi connectivity index (χ0v) is 15.2.